The molecule has 0 aliphatic carbocycles. The van der Waals surface area contributed by atoms with E-state index in [0.717, 1.165) is 24.4 Å². The molecule has 1 aliphatic rings. The van der Waals surface area contributed by atoms with Crippen LogP contribution >= 0.6 is 11.3 Å². The Morgan fingerprint density at radius 1 is 1.50 bits per heavy atom. The first-order valence-corrected chi connectivity index (χ1v) is 8.14. The Hall–Kier alpha value is -1.36. The summed E-state index contributed by atoms with van der Waals surface area (Å²) in [6.07, 6.45) is 3.57. The van der Waals surface area contributed by atoms with E-state index in [9.17, 15) is 9.59 Å². The molecule has 110 valence electrons. The van der Waals surface area contributed by atoms with E-state index in [4.69, 9.17) is 0 Å². The summed E-state index contributed by atoms with van der Waals surface area (Å²) in [4.78, 5) is 26.4. The van der Waals surface area contributed by atoms with Gasteiger partial charge in [-0.05, 0) is 36.6 Å². The Morgan fingerprint density at radius 2 is 2.35 bits per heavy atom. The molecular weight excluding hydrogens is 272 g/mol. The molecule has 1 fully saturated rings. The molecule has 2 amide bonds. The van der Waals surface area contributed by atoms with Crippen LogP contribution in [-0.4, -0.2) is 36.3 Å². The molecule has 0 saturated carbocycles. The maximum Gasteiger partial charge on any atom is 0.261 e. The first-order valence-electron chi connectivity index (χ1n) is 7.26. The third kappa shape index (κ3) is 4.34. The molecule has 1 aromatic heterocycles. The van der Waals surface area contributed by atoms with Crippen LogP contribution in [0, 0.1) is 5.92 Å². The summed E-state index contributed by atoms with van der Waals surface area (Å²) in [6.45, 7) is 4.54. The molecule has 1 aromatic rings. The van der Waals surface area contributed by atoms with E-state index in [2.05, 4.69) is 12.2 Å². The zero-order valence-corrected chi connectivity index (χ0v) is 12.7. The minimum Gasteiger partial charge on any atom is -0.351 e. The van der Waals surface area contributed by atoms with Crippen LogP contribution in [0.5, 0.6) is 0 Å². The monoisotopic (exact) mass is 294 g/mol. The van der Waals surface area contributed by atoms with Crippen molar-refractivity contribution in [3.05, 3.63) is 22.4 Å². The van der Waals surface area contributed by atoms with E-state index in [-0.39, 0.29) is 11.8 Å². The summed E-state index contributed by atoms with van der Waals surface area (Å²) in [7, 11) is 0. The van der Waals surface area contributed by atoms with E-state index in [1.807, 2.05) is 16.3 Å². The molecule has 4 nitrogen and oxygen atoms in total. The van der Waals surface area contributed by atoms with E-state index in [0.29, 0.717) is 25.3 Å². The van der Waals surface area contributed by atoms with Crippen molar-refractivity contribution in [1.29, 1.82) is 0 Å². The number of nitrogens with zero attached hydrogens (tertiary/aromatic N) is 1. The first-order chi connectivity index (χ1) is 9.66. The van der Waals surface area contributed by atoms with Crippen LogP contribution in [0.15, 0.2) is 17.5 Å². The van der Waals surface area contributed by atoms with Gasteiger partial charge in [-0.15, -0.1) is 11.3 Å². The van der Waals surface area contributed by atoms with E-state index in [1.54, 1.807) is 6.07 Å². The van der Waals surface area contributed by atoms with Gasteiger partial charge in [0, 0.05) is 26.1 Å². The lowest BCUT2D eigenvalue weighted by Crippen LogP contribution is -2.39. The van der Waals surface area contributed by atoms with Crippen molar-refractivity contribution in [1.82, 2.24) is 10.2 Å². The number of rotatable bonds is 5. The standard InChI is InChI=1S/C15H22N2O2S/c1-12-5-3-9-17(11-12)14(18)7-2-8-16-15(19)13-6-4-10-20-13/h4,6,10,12H,2-3,5,7-9,11H2,1H3,(H,16,19). The van der Waals surface area contributed by atoms with Crippen LogP contribution in [-0.2, 0) is 4.79 Å². The van der Waals surface area contributed by atoms with Gasteiger partial charge in [-0.25, -0.2) is 0 Å². The number of piperidine rings is 1. The molecule has 0 bridgehead atoms. The third-order valence-corrected chi connectivity index (χ3v) is 4.48. The zero-order valence-electron chi connectivity index (χ0n) is 11.9. The number of likely N-dealkylation sites (tertiary alicyclic amines) is 1. The Kier molecular flexibility index (Phi) is 5.59. The number of hydrogen-bond acceptors (Lipinski definition) is 3. The van der Waals surface area contributed by atoms with Gasteiger partial charge in [0.1, 0.15) is 0 Å². The average Bonchev–Trinajstić information content (AvgIpc) is 2.97. The topological polar surface area (TPSA) is 49.4 Å². The molecule has 1 N–H and O–H groups in total. The molecule has 1 aliphatic heterocycles. The van der Waals surface area contributed by atoms with Crippen molar-refractivity contribution in [2.45, 2.75) is 32.6 Å². The normalized spacial score (nSPS) is 18.9. The molecule has 5 heteroatoms. The number of hydrogen-bond donors (Lipinski definition) is 1. The lowest BCUT2D eigenvalue weighted by atomic mass is 10.00. The van der Waals surface area contributed by atoms with Gasteiger partial charge < -0.3 is 10.2 Å². The molecule has 0 radical (unpaired) electrons. The maximum atomic E-state index is 12.0. The highest BCUT2D eigenvalue weighted by atomic mass is 32.1. The molecule has 1 atom stereocenters. The predicted octanol–water partition coefficient (Wildman–Crippen LogP) is 2.52. The summed E-state index contributed by atoms with van der Waals surface area (Å²) in [5.74, 6) is 0.798. The van der Waals surface area contributed by atoms with Gasteiger partial charge in [0.25, 0.3) is 5.91 Å². The molecule has 2 heterocycles. The van der Waals surface area contributed by atoms with Crippen molar-refractivity contribution in [3.63, 3.8) is 0 Å². The van der Waals surface area contributed by atoms with Crippen molar-refractivity contribution in [2.75, 3.05) is 19.6 Å². The van der Waals surface area contributed by atoms with Gasteiger partial charge in [0.05, 0.1) is 4.88 Å². The van der Waals surface area contributed by atoms with Crippen LogP contribution in [0.1, 0.15) is 42.3 Å². The number of nitrogens with one attached hydrogen (secondary N) is 1. The summed E-state index contributed by atoms with van der Waals surface area (Å²) >= 11 is 1.43. The molecule has 1 saturated heterocycles. The highest BCUT2D eigenvalue weighted by molar-refractivity contribution is 7.12. The number of thiophene rings is 1. The quantitative estimate of drug-likeness (QED) is 0.848. The van der Waals surface area contributed by atoms with Gasteiger partial charge >= 0.3 is 0 Å². The number of amides is 2. The molecule has 0 spiro atoms. The number of carbonyl (C=O) groups excluding carboxylic acids is 2. The fourth-order valence-electron chi connectivity index (χ4n) is 2.51. The highest BCUT2D eigenvalue weighted by Gasteiger charge is 2.20. The van der Waals surface area contributed by atoms with Crippen molar-refractivity contribution in [2.24, 2.45) is 5.92 Å². The van der Waals surface area contributed by atoms with E-state index in [1.165, 1.54) is 17.8 Å². The van der Waals surface area contributed by atoms with Crippen molar-refractivity contribution < 1.29 is 9.59 Å². The van der Waals surface area contributed by atoms with Crippen molar-refractivity contribution in [3.8, 4) is 0 Å². The predicted molar refractivity (Wildman–Crippen MR) is 80.9 cm³/mol. The van der Waals surface area contributed by atoms with E-state index < -0.39 is 0 Å². The average molecular weight is 294 g/mol. The highest BCUT2D eigenvalue weighted by Crippen LogP contribution is 2.16. The second kappa shape index (κ2) is 7.43. The van der Waals surface area contributed by atoms with Gasteiger partial charge in [0.15, 0.2) is 0 Å². The second-order valence-electron chi connectivity index (χ2n) is 5.42. The lowest BCUT2D eigenvalue weighted by molar-refractivity contribution is -0.132. The summed E-state index contributed by atoms with van der Waals surface area (Å²) in [6, 6.07) is 3.67. The van der Waals surface area contributed by atoms with Crippen LogP contribution in [0.4, 0.5) is 0 Å². The van der Waals surface area contributed by atoms with E-state index >= 15 is 0 Å². The fraction of sp³-hybridized carbons (Fsp3) is 0.600. The number of carbonyl (C=O) groups is 2. The Labute approximate surface area is 124 Å². The van der Waals surface area contributed by atoms with Gasteiger partial charge in [0.2, 0.25) is 5.91 Å². The molecule has 1 unspecified atom stereocenters. The molecular formula is C15H22N2O2S. The SMILES string of the molecule is CC1CCCN(C(=O)CCCNC(=O)c2cccs2)C1. The van der Waals surface area contributed by atoms with Gasteiger partial charge in [-0.2, -0.15) is 0 Å². The lowest BCUT2D eigenvalue weighted by Gasteiger charge is -2.31. The fourth-order valence-corrected chi connectivity index (χ4v) is 3.15. The first kappa shape index (κ1) is 15.0. The van der Waals surface area contributed by atoms with Crippen LogP contribution in [0.3, 0.4) is 0 Å². The van der Waals surface area contributed by atoms with Gasteiger partial charge in [-0.3, -0.25) is 9.59 Å². The minimum absolute atomic E-state index is 0.0426. The van der Waals surface area contributed by atoms with Gasteiger partial charge in [-0.1, -0.05) is 13.0 Å². The Balaban J connectivity index is 1.63. The van der Waals surface area contributed by atoms with Crippen LogP contribution in [0.2, 0.25) is 0 Å². The summed E-state index contributed by atoms with van der Waals surface area (Å²) in [5, 5.41) is 4.74. The zero-order chi connectivity index (χ0) is 14.4. The maximum absolute atomic E-state index is 12.0. The molecule has 20 heavy (non-hydrogen) atoms. The Morgan fingerprint density at radius 3 is 3.05 bits per heavy atom. The Bertz CT molecular complexity index is 445. The summed E-state index contributed by atoms with van der Waals surface area (Å²) < 4.78 is 0. The smallest absolute Gasteiger partial charge is 0.261 e. The molecule has 2 rings (SSSR count). The summed E-state index contributed by atoms with van der Waals surface area (Å²) in [5.41, 5.74) is 0. The van der Waals surface area contributed by atoms with Crippen LogP contribution < -0.4 is 5.32 Å². The molecule has 0 aromatic carbocycles. The van der Waals surface area contributed by atoms with Crippen molar-refractivity contribution >= 4 is 23.2 Å². The third-order valence-electron chi connectivity index (χ3n) is 3.61. The minimum atomic E-state index is -0.0426. The largest absolute Gasteiger partial charge is 0.351 e. The second-order valence-corrected chi connectivity index (χ2v) is 6.37. The van der Waals surface area contributed by atoms with Crippen LogP contribution in [0.25, 0.3) is 0 Å².